The first-order chi connectivity index (χ1) is 19.5. The fourth-order valence-electron chi connectivity index (χ4n) is 2.22. The Kier molecular flexibility index (Phi) is 3.28. The molecule has 7 nitrogen and oxygen atoms in total. The molecule has 1 aliphatic heterocycles. The molecule has 1 N–H and O–H groups in total. The van der Waals surface area contributed by atoms with E-state index in [2.05, 4.69) is 4.98 Å². The summed E-state index contributed by atoms with van der Waals surface area (Å²) in [5, 5.41) is 13.0. The second-order valence-corrected chi connectivity index (χ2v) is 5.82. The number of amides is 1. The zero-order valence-electron chi connectivity index (χ0n) is 32.1. The number of piperidine rings is 1. The van der Waals surface area contributed by atoms with Gasteiger partial charge in [-0.25, -0.2) is 4.98 Å². The first-order valence-electron chi connectivity index (χ1n) is 16.2. The fourth-order valence-corrected chi connectivity index (χ4v) is 3.01. The SMILES string of the molecule is [2H]N(CCCN1C([2H])([2H])C([2H])([2H])C([2H])([2H])C([2H])([2H])C1([2H])[2H])C(=O)c1c([O-])c2ncsc2n(C([2H])(C([2H])([2H])[2H])C([2H])([2H])[2H])c1=O.[K+]. The van der Waals surface area contributed by atoms with Gasteiger partial charge in [0.15, 0.2) is 1.41 Å². The van der Waals surface area contributed by atoms with E-state index < -0.39 is 104 Å². The Labute approximate surface area is 230 Å². The van der Waals surface area contributed by atoms with Crippen molar-refractivity contribution in [1.82, 2.24) is 19.8 Å². The Balaban J connectivity index is 0.00000705. The minimum atomic E-state index is -3.72. The Morgan fingerprint density at radius 3 is 2.96 bits per heavy atom. The van der Waals surface area contributed by atoms with Crippen LogP contribution in [0.3, 0.4) is 0 Å². The molecule has 3 heterocycles. The van der Waals surface area contributed by atoms with Crippen LogP contribution >= 0.6 is 11.3 Å². The number of hydrogen-bond donors (Lipinski definition) is 1. The number of pyridine rings is 1. The van der Waals surface area contributed by atoms with E-state index in [4.69, 9.17) is 24.7 Å². The largest absolute Gasteiger partial charge is 1.00 e. The van der Waals surface area contributed by atoms with E-state index in [1.54, 1.807) is 0 Å². The van der Waals surface area contributed by atoms with Crippen molar-refractivity contribution in [2.75, 3.05) is 26.1 Å². The van der Waals surface area contributed by atoms with Crippen LogP contribution in [0.25, 0.3) is 10.3 Å². The summed E-state index contributed by atoms with van der Waals surface area (Å²) >= 11 is 0.454. The van der Waals surface area contributed by atoms with E-state index in [0.29, 0.717) is 11.3 Å². The summed E-state index contributed by atoms with van der Waals surface area (Å²) in [6.07, 6.45) is -11.5. The van der Waals surface area contributed by atoms with Gasteiger partial charge >= 0.3 is 51.4 Å². The molecule has 2 aromatic heterocycles. The number of rotatable bonds is 6. The molecule has 0 unspecified atom stereocenters. The van der Waals surface area contributed by atoms with Gasteiger partial charge in [0.25, 0.3) is 11.5 Å². The average Bonchev–Trinajstić information content (AvgIpc) is 3.33. The first-order valence-corrected chi connectivity index (χ1v) is 8.14. The van der Waals surface area contributed by atoms with E-state index in [1.807, 2.05) is 0 Å². The summed E-state index contributed by atoms with van der Waals surface area (Å²) in [5.41, 5.74) is -3.05. The van der Waals surface area contributed by atoms with Crippen LogP contribution in [0, 0.1) is 0 Å². The summed E-state index contributed by atoms with van der Waals surface area (Å²) < 4.78 is 143. The maximum absolute atomic E-state index is 13.4. The maximum Gasteiger partial charge on any atom is 1.00 e. The summed E-state index contributed by atoms with van der Waals surface area (Å²) in [7, 11) is 0. The molecule has 9 heteroatoms. The number of likely N-dealkylation sites (tertiary alicyclic amines) is 1. The Bertz CT molecular complexity index is 1480. The molecule has 0 aromatic carbocycles. The van der Waals surface area contributed by atoms with Gasteiger partial charge in [-0.1, -0.05) is 12.1 Å². The number of nitrogens with one attached hydrogen (secondary N) is 1. The van der Waals surface area contributed by atoms with Crippen molar-refractivity contribution >= 4 is 27.6 Å². The van der Waals surface area contributed by atoms with Gasteiger partial charge in [-0.2, -0.15) is 0 Å². The average molecular weight is 435 g/mol. The minimum absolute atomic E-state index is 0. The standard InChI is InChI=1S/C18H26N4O3S.K/c1-12(2)22-17(25)13(15(23)14-18(22)26-11-20-14)16(24)19-7-6-10-21-8-4-3-5-9-21;/h11-12,23H,3-10H2,1-2H3,(H,19,24);/q;+1/p-1/i1D3,2D3,3D2,4D2,5D2,8D2,9D2,12D;/hD. The van der Waals surface area contributed by atoms with Gasteiger partial charge in [-0.15, -0.1) is 11.3 Å². The van der Waals surface area contributed by atoms with E-state index in [9.17, 15) is 14.7 Å². The van der Waals surface area contributed by atoms with E-state index in [1.165, 1.54) is 0 Å². The third-order valence-electron chi connectivity index (χ3n) is 3.35. The zero-order chi connectivity index (χ0) is 34.4. The third kappa shape index (κ3) is 5.20. The predicted octanol–water partition coefficient (Wildman–Crippen LogP) is -1.28. The molecule has 0 atom stereocenters. The molecule has 27 heavy (non-hydrogen) atoms. The van der Waals surface area contributed by atoms with Crippen molar-refractivity contribution in [1.29, 1.82) is 0 Å². The van der Waals surface area contributed by atoms with Crippen LogP contribution in [-0.4, -0.2) is 46.4 Å². The van der Waals surface area contributed by atoms with Crippen molar-refractivity contribution < 1.29 is 86.0 Å². The van der Waals surface area contributed by atoms with Crippen LogP contribution in [0.2, 0.25) is 1.41 Å². The van der Waals surface area contributed by atoms with E-state index in [0.717, 1.165) is 5.51 Å². The quantitative estimate of drug-likeness (QED) is 0.572. The molecule has 0 radical (unpaired) electrons. The minimum Gasteiger partial charge on any atom is -0.870 e. The van der Waals surface area contributed by atoms with Gasteiger partial charge in [-0.3, -0.25) is 14.2 Å². The van der Waals surface area contributed by atoms with Crippen molar-refractivity contribution in [2.24, 2.45) is 0 Å². The number of fused-ring (bicyclic) bond motifs is 1. The van der Waals surface area contributed by atoms with Crippen LogP contribution < -0.4 is 67.4 Å². The maximum atomic E-state index is 13.4. The molecule has 1 amide bonds. The first kappa shape index (κ1) is 8.45. The summed E-state index contributed by atoms with van der Waals surface area (Å²) in [6, 6.07) is -3.72. The van der Waals surface area contributed by atoms with Gasteiger partial charge in [0.2, 0.25) is 0 Å². The van der Waals surface area contributed by atoms with Gasteiger partial charge in [-0.05, 0) is 52.4 Å². The number of hydrogen-bond acceptors (Lipinski definition) is 6. The molecule has 3 rings (SSSR count). The van der Waals surface area contributed by atoms with Crippen molar-refractivity contribution in [3.63, 3.8) is 0 Å². The Morgan fingerprint density at radius 2 is 2.26 bits per heavy atom. The number of carbonyl (C=O) groups excluding carboxylic acids is 1. The van der Waals surface area contributed by atoms with Crippen LogP contribution in [0.15, 0.2) is 10.3 Å². The molecule has 142 valence electrons. The molecule has 1 aliphatic rings. The molecule has 2 aromatic rings. The third-order valence-corrected chi connectivity index (χ3v) is 4.16. The second-order valence-electron chi connectivity index (χ2n) is 4.99. The van der Waals surface area contributed by atoms with Gasteiger partial charge in [0.05, 0.1) is 18.0 Å². The fraction of sp³-hybridized carbons (Fsp3) is 0.611. The second kappa shape index (κ2) is 10.5. The van der Waals surface area contributed by atoms with Crippen LogP contribution in [0.1, 0.15) is 78.9 Å². The number of nitrogens with zero attached hydrogens (tertiary/aromatic N) is 3. The topological polar surface area (TPSA) is 90.3 Å². The normalized spacial score (nSPS) is 35.6. The molecule has 0 aliphatic carbocycles. The smallest absolute Gasteiger partial charge is 0.870 e. The van der Waals surface area contributed by atoms with Crippen LogP contribution in [0.4, 0.5) is 0 Å². The monoisotopic (exact) mass is 434 g/mol. The van der Waals surface area contributed by atoms with Gasteiger partial charge < -0.3 is 15.3 Å². The Hall–Kier alpha value is -0.294. The number of carbonyl (C=O) groups is 1. The molecule has 0 saturated carbocycles. The zero-order valence-corrected chi connectivity index (χ0v) is 18.1. The van der Waals surface area contributed by atoms with Gasteiger partial charge in [0.1, 0.15) is 4.83 Å². The summed E-state index contributed by atoms with van der Waals surface area (Å²) in [4.78, 5) is 29.7. The summed E-state index contributed by atoms with van der Waals surface area (Å²) in [5.74, 6) is -3.12. The van der Waals surface area contributed by atoms with Crippen LogP contribution in [-0.2, 0) is 0 Å². The van der Waals surface area contributed by atoms with E-state index in [-0.39, 0.29) is 66.2 Å². The molecule has 0 bridgehead atoms. The van der Waals surface area contributed by atoms with Crippen molar-refractivity contribution in [3.05, 3.63) is 21.4 Å². The molecule has 1 fully saturated rings. The molecule has 1 saturated heterocycles. The number of thiazole rings is 1. The molecular formula is C18H25KN4O3S. The van der Waals surface area contributed by atoms with Crippen molar-refractivity contribution in [3.8, 4) is 5.75 Å². The van der Waals surface area contributed by atoms with Crippen molar-refractivity contribution in [2.45, 2.75) is 45.3 Å². The van der Waals surface area contributed by atoms with Gasteiger partial charge in [0, 0.05) is 34.5 Å². The molecular weight excluding hydrogens is 391 g/mol. The molecule has 0 spiro atoms. The number of aromatic nitrogens is 2. The van der Waals surface area contributed by atoms with Crippen LogP contribution in [0.5, 0.6) is 5.75 Å². The van der Waals surface area contributed by atoms with E-state index >= 15 is 0 Å². The summed E-state index contributed by atoms with van der Waals surface area (Å²) in [6.45, 7) is -16.1. The Morgan fingerprint density at radius 1 is 1.52 bits per heavy atom. The predicted molar refractivity (Wildman–Crippen MR) is 101 cm³/mol.